The van der Waals surface area contributed by atoms with Crippen LogP contribution < -0.4 is 0 Å². The average molecular weight is 235 g/mol. The Bertz CT molecular complexity index is 543. The van der Waals surface area contributed by atoms with Crippen molar-refractivity contribution in [1.29, 1.82) is 0 Å². The summed E-state index contributed by atoms with van der Waals surface area (Å²) in [4.78, 5) is 3.66. The molecule has 0 aliphatic carbocycles. The van der Waals surface area contributed by atoms with E-state index in [0.29, 0.717) is 16.7 Å². The topological polar surface area (TPSA) is 33.1 Å². The lowest BCUT2D eigenvalue weighted by atomic mass is 10.0. The van der Waals surface area contributed by atoms with Crippen molar-refractivity contribution in [2.75, 3.05) is 0 Å². The third-order valence-electron chi connectivity index (χ3n) is 2.54. The number of rotatable bonds is 2. The maximum Gasteiger partial charge on any atom is 0.141 e. The third-order valence-corrected chi connectivity index (χ3v) is 2.54. The van der Waals surface area contributed by atoms with Crippen molar-refractivity contribution in [2.45, 2.75) is 13.0 Å². The highest BCUT2D eigenvalue weighted by Crippen LogP contribution is 2.23. The molecule has 0 amide bonds. The van der Waals surface area contributed by atoms with Gasteiger partial charge in [0.1, 0.15) is 17.7 Å². The number of benzene rings is 1. The lowest BCUT2D eigenvalue weighted by Crippen LogP contribution is -2.02. The maximum absolute atomic E-state index is 13.1. The number of aromatic nitrogens is 1. The van der Waals surface area contributed by atoms with E-state index in [1.165, 1.54) is 30.5 Å². The van der Waals surface area contributed by atoms with Gasteiger partial charge in [-0.25, -0.2) is 8.78 Å². The fourth-order valence-electron chi connectivity index (χ4n) is 1.61. The molecule has 1 aromatic carbocycles. The summed E-state index contributed by atoms with van der Waals surface area (Å²) in [6.45, 7) is 1.61. The molecule has 0 aliphatic rings. The molecule has 0 spiro atoms. The van der Waals surface area contributed by atoms with Gasteiger partial charge in [-0.05, 0) is 30.2 Å². The average Bonchev–Trinajstić information content (AvgIpc) is 2.32. The number of hydrogen-bond donors (Lipinski definition) is 1. The standard InChI is InChI=1S/C13H11F2NO/c1-8-4-9(2-3-12(8)15)13(17)10-5-11(14)7-16-6-10/h2-7,13,17H,1H3. The largest absolute Gasteiger partial charge is 0.384 e. The zero-order valence-corrected chi connectivity index (χ0v) is 9.19. The fraction of sp³-hybridized carbons (Fsp3) is 0.154. The number of aryl methyl sites for hydroxylation is 1. The van der Waals surface area contributed by atoms with Crippen molar-refractivity contribution in [1.82, 2.24) is 4.98 Å². The summed E-state index contributed by atoms with van der Waals surface area (Å²) in [6.07, 6.45) is 1.44. The Labute approximate surface area is 97.6 Å². The maximum atomic E-state index is 13.1. The molecule has 0 saturated heterocycles. The van der Waals surface area contributed by atoms with Gasteiger partial charge in [0.15, 0.2) is 0 Å². The molecule has 1 atom stereocenters. The van der Waals surface area contributed by atoms with Gasteiger partial charge in [-0.2, -0.15) is 0 Å². The summed E-state index contributed by atoms with van der Waals surface area (Å²) < 4.78 is 26.0. The van der Waals surface area contributed by atoms with Crippen LogP contribution in [0.1, 0.15) is 22.8 Å². The van der Waals surface area contributed by atoms with E-state index >= 15 is 0 Å². The molecule has 1 heterocycles. The van der Waals surface area contributed by atoms with E-state index in [1.54, 1.807) is 6.92 Å². The van der Waals surface area contributed by atoms with Crippen molar-refractivity contribution in [2.24, 2.45) is 0 Å². The van der Waals surface area contributed by atoms with E-state index in [2.05, 4.69) is 4.98 Å². The second kappa shape index (κ2) is 4.59. The molecule has 1 aromatic heterocycles. The number of aliphatic hydroxyl groups excluding tert-OH is 1. The van der Waals surface area contributed by atoms with Crippen LogP contribution in [-0.2, 0) is 0 Å². The van der Waals surface area contributed by atoms with Crippen LogP contribution in [0.3, 0.4) is 0 Å². The van der Waals surface area contributed by atoms with Crippen molar-refractivity contribution >= 4 is 0 Å². The molecule has 0 fully saturated rings. The first kappa shape index (κ1) is 11.7. The zero-order valence-electron chi connectivity index (χ0n) is 9.19. The summed E-state index contributed by atoms with van der Waals surface area (Å²) in [6, 6.07) is 5.49. The van der Waals surface area contributed by atoms with Crippen LogP contribution in [0.2, 0.25) is 0 Å². The minimum atomic E-state index is -1.00. The highest BCUT2D eigenvalue weighted by atomic mass is 19.1. The summed E-state index contributed by atoms with van der Waals surface area (Å²) >= 11 is 0. The van der Waals surface area contributed by atoms with E-state index in [9.17, 15) is 13.9 Å². The number of halogens is 2. The Balaban J connectivity index is 2.36. The van der Waals surface area contributed by atoms with Gasteiger partial charge in [0.05, 0.1) is 6.20 Å². The van der Waals surface area contributed by atoms with Gasteiger partial charge in [-0.1, -0.05) is 12.1 Å². The van der Waals surface area contributed by atoms with Crippen LogP contribution in [0.15, 0.2) is 36.7 Å². The Morgan fingerprint density at radius 3 is 2.53 bits per heavy atom. The summed E-state index contributed by atoms with van der Waals surface area (Å²) in [7, 11) is 0. The molecule has 0 aliphatic heterocycles. The third kappa shape index (κ3) is 2.47. The molecule has 0 saturated carbocycles. The molecule has 4 heteroatoms. The van der Waals surface area contributed by atoms with Gasteiger partial charge in [0.2, 0.25) is 0 Å². The minimum Gasteiger partial charge on any atom is -0.384 e. The Morgan fingerprint density at radius 2 is 1.88 bits per heavy atom. The number of hydrogen-bond acceptors (Lipinski definition) is 2. The molecule has 1 N–H and O–H groups in total. The van der Waals surface area contributed by atoms with Crippen molar-refractivity contribution in [3.05, 3.63) is 65.0 Å². The predicted molar refractivity (Wildman–Crippen MR) is 59.4 cm³/mol. The molecule has 0 bridgehead atoms. The van der Waals surface area contributed by atoms with E-state index < -0.39 is 11.9 Å². The Morgan fingerprint density at radius 1 is 1.12 bits per heavy atom. The zero-order chi connectivity index (χ0) is 12.4. The highest BCUT2D eigenvalue weighted by molar-refractivity contribution is 5.31. The normalized spacial score (nSPS) is 12.5. The molecule has 2 aromatic rings. The van der Waals surface area contributed by atoms with Gasteiger partial charge in [-0.3, -0.25) is 4.98 Å². The van der Waals surface area contributed by atoms with E-state index in [1.807, 2.05) is 0 Å². The number of pyridine rings is 1. The molecule has 2 rings (SSSR count). The van der Waals surface area contributed by atoms with Crippen LogP contribution in [0, 0.1) is 18.6 Å². The molecule has 1 unspecified atom stereocenters. The molecular formula is C13H11F2NO. The first-order chi connectivity index (χ1) is 8.08. The molecule has 0 radical (unpaired) electrons. The van der Waals surface area contributed by atoms with E-state index in [4.69, 9.17) is 0 Å². The molecular weight excluding hydrogens is 224 g/mol. The van der Waals surface area contributed by atoms with Crippen LogP contribution in [0.5, 0.6) is 0 Å². The first-order valence-electron chi connectivity index (χ1n) is 5.12. The highest BCUT2D eigenvalue weighted by Gasteiger charge is 2.12. The van der Waals surface area contributed by atoms with Crippen molar-refractivity contribution in [3.8, 4) is 0 Å². The molecule has 88 valence electrons. The Hall–Kier alpha value is -1.81. The van der Waals surface area contributed by atoms with E-state index in [0.717, 1.165) is 6.20 Å². The second-order valence-corrected chi connectivity index (χ2v) is 3.85. The smallest absolute Gasteiger partial charge is 0.141 e. The Kier molecular flexibility index (Phi) is 3.15. The van der Waals surface area contributed by atoms with Crippen molar-refractivity contribution < 1.29 is 13.9 Å². The summed E-state index contributed by atoms with van der Waals surface area (Å²) in [5, 5.41) is 10.0. The van der Waals surface area contributed by atoms with Crippen LogP contribution in [-0.4, -0.2) is 10.1 Å². The van der Waals surface area contributed by atoms with Gasteiger partial charge < -0.3 is 5.11 Å². The van der Waals surface area contributed by atoms with Gasteiger partial charge in [0.25, 0.3) is 0 Å². The SMILES string of the molecule is Cc1cc(C(O)c2cncc(F)c2)ccc1F. The number of aliphatic hydroxyl groups is 1. The lowest BCUT2D eigenvalue weighted by Gasteiger charge is -2.12. The lowest BCUT2D eigenvalue weighted by molar-refractivity contribution is 0.219. The van der Waals surface area contributed by atoms with E-state index in [-0.39, 0.29) is 5.82 Å². The second-order valence-electron chi connectivity index (χ2n) is 3.85. The molecule has 2 nitrogen and oxygen atoms in total. The van der Waals surface area contributed by atoms with Crippen LogP contribution >= 0.6 is 0 Å². The first-order valence-corrected chi connectivity index (χ1v) is 5.12. The van der Waals surface area contributed by atoms with Crippen LogP contribution in [0.25, 0.3) is 0 Å². The summed E-state index contributed by atoms with van der Waals surface area (Å²) in [5.74, 6) is -0.848. The fourth-order valence-corrected chi connectivity index (χ4v) is 1.61. The van der Waals surface area contributed by atoms with Crippen molar-refractivity contribution in [3.63, 3.8) is 0 Å². The monoisotopic (exact) mass is 235 g/mol. The van der Waals surface area contributed by atoms with Gasteiger partial charge >= 0.3 is 0 Å². The minimum absolute atomic E-state index is 0.335. The molecule has 17 heavy (non-hydrogen) atoms. The van der Waals surface area contributed by atoms with Gasteiger partial charge in [0, 0.05) is 11.8 Å². The summed E-state index contributed by atoms with van der Waals surface area (Å²) in [5.41, 5.74) is 1.29. The predicted octanol–water partition coefficient (Wildman–Crippen LogP) is 2.75. The van der Waals surface area contributed by atoms with Crippen LogP contribution in [0.4, 0.5) is 8.78 Å². The van der Waals surface area contributed by atoms with Gasteiger partial charge in [-0.15, -0.1) is 0 Å². The quantitative estimate of drug-likeness (QED) is 0.868. The number of nitrogens with zero attached hydrogens (tertiary/aromatic N) is 1.